The van der Waals surface area contributed by atoms with Crippen LogP contribution in [0, 0.1) is 11.7 Å². The van der Waals surface area contributed by atoms with Crippen LogP contribution in [0.25, 0.3) is 0 Å². The summed E-state index contributed by atoms with van der Waals surface area (Å²) in [7, 11) is 1.57. The number of benzene rings is 1. The molecule has 0 aliphatic carbocycles. The summed E-state index contributed by atoms with van der Waals surface area (Å²) in [5.41, 5.74) is 5.83. The van der Waals surface area contributed by atoms with Crippen molar-refractivity contribution in [2.75, 3.05) is 32.5 Å². The van der Waals surface area contributed by atoms with Crippen LogP contribution in [0.5, 0.6) is 0 Å². The van der Waals surface area contributed by atoms with Gasteiger partial charge in [-0.1, -0.05) is 13.8 Å². The summed E-state index contributed by atoms with van der Waals surface area (Å²) < 4.78 is 18.7. The Labute approximate surface area is 113 Å². The van der Waals surface area contributed by atoms with E-state index in [0.717, 1.165) is 6.07 Å². The standard InChI is InChI=1S/C14H21FN2O2/c1-10(2)9-17(6-7-19-3)14(18)12-5-4-11(16)8-13(12)15/h4-5,8,10H,6-7,9,16H2,1-3H3. The van der Waals surface area contributed by atoms with Crippen LogP contribution in [-0.4, -0.2) is 37.6 Å². The lowest BCUT2D eigenvalue weighted by Crippen LogP contribution is -2.37. The zero-order valence-electron chi connectivity index (χ0n) is 11.6. The molecule has 1 amide bonds. The molecule has 4 nitrogen and oxygen atoms in total. The minimum atomic E-state index is -0.587. The van der Waals surface area contributed by atoms with Crippen molar-refractivity contribution < 1.29 is 13.9 Å². The molecule has 0 fully saturated rings. The maximum absolute atomic E-state index is 13.8. The third-order valence-electron chi connectivity index (χ3n) is 2.66. The third-order valence-corrected chi connectivity index (χ3v) is 2.66. The SMILES string of the molecule is COCCN(CC(C)C)C(=O)c1ccc(N)cc1F. The van der Waals surface area contributed by atoms with Gasteiger partial charge >= 0.3 is 0 Å². The van der Waals surface area contributed by atoms with Crippen molar-refractivity contribution in [3.05, 3.63) is 29.6 Å². The van der Waals surface area contributed by atoms with E-state index in [0.29, 0.717) is 31.3 Å². The molecule has 0 aliphatic heterocycles. The van der Waals surface area contributed by atoms with Gasteiger partial charge in [0.15, 0.2) is 0 Å². The second-order valence-electron chi connectivity index (χ2n) is 4.88. The summed E-state index contributed by atoms with van der Waals surface area (Å²) in [6.45, 7) is 5.44. The predicted octanol–water partition coefficient (Wildman–Crippen LogP) is 2.15. The summed E-state index contributed by atoms with van der Waals surface area (Å²) in [6, 6.07) is 4.12. The number of methoxy groups -OCH3 is 1. The largest absolute Gasteiger partial charge is 0.399 e. The predicted molar refractivity (Wildman–Crippen MR) is 73.4 cm³/mol. The van der Waals surface area contributed by atoms with Gasteiger partial charge in [-0.05, 0) is 24.1 Å². The normalized spacial score (nSPS) is 10.8. The molecule has 1 aromatic carbocycles. The number of nitrogen functional groups attached to an aromatic ring is 1. The average Bonchev–Trinajstić information content (AvgIpc) is 2.33. The molecule has 0 unspecified atom stereocenters. The van der Waals surface area contributed by atoms with Crippen LogP contribution in [0.2, 0.25) is 0 Å². The van der Waals surface area contributed by atoms with Gasteiger partial charge in [0, 0.05) is 25.9 Å². The lowest BCUT2D eigenvalue weighted by atomic mass is 10.1. The van der Waals surface area contributed by atoms with Gasteiger partial charge < -0.3 is 15.4 Å². The first-order valence-electron chi connectivity index (χ1n) is 6.29. The number of rotatable bonds is 6. The van der Waals surface area contributed by atoms with Crippen molar-refractivity contribution in [3.63, 3.8) is 0 Å². The molecular formula is C14H21FN2O2. The number of anilines is 1. The maximum atomic E-state index is 13.8. The molecular weight excluding hydrogens is 247 g/mol. The summed E-state index contributed by atoms with van der Waals surface area (Å²) in [4.78, 5) is 13.9. The fraction of sp³-hybridized carbons (Fsp3) is 0.500. The van der Waals surface area contributed by atoms with E-state index in [9.17, 15) is 9.18 Å². The molecule has 2 N–H and O–H groups in total. The number of carbonyl (C=O) groups excluding carboxylic acids is 1. The van der Waals surface area contributed by atoms with Gasteiger partial charge in [0.05, 0.1) is 12.2 Å². The Morgan fingerprint density at radius 3 is 2.68 bits per heavy atom. The summed E-state index contributed by atoms with van der Waals surface area (Å²) in [5.74, 6) is -0.614. The molecule has 106 valence electrons. The molecule has 0 aromatic heterocycles. The van der Waals surface area contributed by atoms with Crippen molar-refractivity contribution in [3.8, 4) is 0 Å². The first-order chi connectivity index (χ1) is 8.95. The molecule has 0 aliphatic rings. The zero-order chi connectivity index (χ0) is 14.4. The number of ether oxygens (including phenoxy) is 1. The Kier molecular flexibility index (Phi) is 5.76. The van der Waals surface area contributed by atoms with Crippen molar-refractivity contribution in [2.45, 2.75) is 13.8 Å². The fourth-order valence-electron chi connectivity index (χ4n) is 1.79. The molecule has 1 rings (SSSR count). The molecule has 0 saturated carbocycles. The quantitative estimate of drug-likeness (QED) is 0.804. The van der Waals surface area contributed by atoms with Gasteiger partial charge in [-0.2, -0.15) is 0 Å². The van der Waals surface area contributed by atoms with E-state index >= 15 is 0 Å². The van der Waals surface area contributed by atoms with Crippen LogP contribution in [0.3, 0.4) is 0 Å². The van der Waals surface area contributed by atoms with E-state index in [1.165, 1.54) is 12.1 Å². The monoisotopic (exact) mass is 268 g/mol. The highest BCUT2D eigenvalue weighted by Gasteiger charge is 2.19. The minimum Gasteiger partial charge on any atom is -0.399 e. The topological polar surface area (TPSA) is 55.6 Å². The lowest BCUT2D eigenvalue weighted by molar-refractivity contribution is 0.0668. The highest BCUT2D eigenvalue weighted by atomic mass is 19.1. The highest BCUT2D eigenvalue weighted by Crippen LogP contribution is 2.15. The molecule has 0 bridgehead atoms. The second-order valence-corrected chi connectivity index (χ2v) is 4.88. The van der Waals surface area contributed by atoms with E-state index in [1.807, 2.05) is 13.8 Å². The van der Waals surface area contributed by atoms with Gasteiger partial charge in [-0.15, -0.1) is 0 Å². The lowest BCUT2D eigenvalue weighted by Gasteiger charge is -2.24. The van der Waals surface area contributed by atoms with E-state index in [2.05, 4.69) is 0 Å². The Bertz CT molecular complexity index is 435. The van der Waals surface area contributed by atoms with Crippen molar-refractivity contribution >= 4 is 11.6 Å². The summed E-state index contributed by atoms with van der Waals surface area (Å²) in [5, 5.41) is 0. The first kappa shape index (κ1) is 15.4. The summed E-state index contributed by atoms with van der Waals surface area (Å²) in [6.07, 6.45) is 0. The molecule has 0 atom stereocenters. The Balaban J connectivity index is 2.90. The highest BCUT2D eigenvalue weighted by molar-refractivity contribution is 5.94. The zero-order valence-corrected chi connectivity index (χ0v) is 11.6. The van der Waals surface area contributed by atoms with E-state index < -0.39 is 5.82 Å². The molecule has 19 heavy (non-hydrogen) atoms. The molecule has 0 spiro atoms. The number of nitrogens with two attached hydrogens (primary N) is 1. The maximum Gasteiger partial charge on any atom is 0.256 e. The van der Waals surface area contributed by atoms with Gasteiger partial charge in [0.2, 0.25) is 0 Å². The number of nitrogens with zero attached hydrogens (tertiary/aromatic N) is 1. The molecule has 0 heterocycles. The van der Waals surface area contributed by atoms with Crippen molar-refractivity contribution in [2.24, 2.45) is 5.92 Å². The van der Waals surface area contributed by atoms with Crippen LogP contribution >= 0.6 is 0 Å². The van der Waals surface area contributed by atoms with Gasteiger partial charge in [0.25, 0.3) is 5.91 Å². The Hall–Kier alpha value is -1.62. The van der Waals surface area contributed by atoms with Gasteiger partial charge in [0.1, 0.15) is 5.82 Å². The fourth-order valence-corrected chi connectivity index (χ4v) is 1.79. The van der Waals surface area contributed by atoms with Gasteiger partial charge in [-0.3, -0.25) is 4.79 Å². The Morgan fingerprint density at radius 1 is 1.47 bits per heavy atom. The van der Waals surface area contributed by atoms with Crippen LogP contribution in [-0.2, 0) is 4.74 Å². The van der Waals surface area contributed by atoms with E-state index in [1.54, 1.807) is 12.0 Å². The van der Waals surface area contributed by atoms with Crippen molar-refractivity contribution in [1.82, 2.24) is 4.90 Å². The molecule has 0 radical (unpaired) electrons. The second kappa shape index (κ2) is 7.09. The number of carbonyl (C=O) groups is 1. The number of hydrogen-bond acceptors (Lipinski definition) is 3. The smallest absolute Gasteiger partial charge is 0.256 e. The minimum absolute atomic E-state index is 0.0472. The van der Waals surface area contributed by atoms with E-state index in [-0.39, 0.29) is 11.5 Å². The van der Waals surface area contributed by atoms with Crippen LogP contribution < -0.4 is 5.73 Å². The Morgan fingerprint density at radius 2 is 2.16 bits per heavy atom. The van der Waals surface area contributed by atoms with Crippen LogP contribution in [0.1, 0.15) is 24.2 Å². The number of halogens is 1. The number of hydrogen-bond donors (Lipinski definition) is 1. The van der Waals surface area contributed by atoms with E-state index in [4.69, 9.17) is 10.5 Å². The molecule has 0 saturated heterocycles. The summed E-state index contributed by atoms with van der Waals surface area (Å²) >= 11 is 0. The van der Waals surface area contributed by atoms with Crippen LogP contribution in [0.4, 0.5) is 10.1 Å². The van der Waals surface area contributed by atoms with Gasteiger partial charge in [-0.25, -0.2) is 4.39 Å². The first-order valence-corrected chi connectivity index (χ1v) is 6.29. The molecule has 5 heteroatoms. The third kappa shape index (κ3) is 4.52. The average molecular weight is 268 g/mol. The van der Waals surface area contributed by atoms with Crippen molar-refractivity contribution in [1.29, 1.82) is 0 Å². The van der Waals surface area contributed by atoms with Crippen LogP contribution in [0.15, 0.2) is 18.2 Å². The molecule has 1 aromatic rings. The number of amides is 1.